The van der Waals surface area contributed by atoms with Crippen LogP contribution in [0.1, 0.15) is 17.2 Å². The topological polar surface area (TPSA) is 36.5 Å². The summed E-state index contributed by atoms with van der Waals surface area (Å²) in [5.74, 6) is 1.55. The van der Waals surface area contributed by atoms with Crippen LogP contribution in [0.4, 0.5) is 0 Å². The summed E-state index contributed by atoms with van der Waals surface area (Å²) < 4.78 is 22.8. The van der Waals surface area contributed by atoms with E-state index in [0.29, 0.717) is 0 Å². The fraction of sp³-hybridized carbons (Fsp3) is 0.0189. The molecule has 4 nitrogen and oxygen atoms in total. The molecule has 0 N–H and O–H groups in total. The van der Waals surface area contributed by atoms with Crippen molar-refractivity contribution in [3.05, 3.63) is 211 Å². The van der Waals surface area contributed by atoms with E-state index in [2.05, 4.69) is 174 Å². The maximum absolute atomic E-state index is 7.07. The summed E-state index contributed by atoms with van der Waals surface area (Å²) in [6.07, 6.45) is 3.44. The van der Waals surface area contributed by atoms with Crippen LogP contribution >= 0.6 is 0 Å². The maximum atomic E-state index is 7.07. The molecule has 2 aliphatic heterocycles. The van der Waals surface area contributed by atoms with Gasteiger partial charge in [0.15, 0.2) is 11.9 Å². The van der Waals surface area contributed by atoms with Crippen molar-refractivity contribution >= 4 is 49.3 Å². The van der Waals surface area contributed by atoms with Crippen LogP contribution in [0.2, 0.25) is 0 Å². The molecule has 4 heterocycles. The highest BCUT2D eigenvalue weighted by molar-refractivity contribution is 6.15. The Morgan fingerprint density at radius 3 is 1.81 bits per heavy atom. The summed E-state index contributed by atoms with van der Waals surface area (Å²) in [6, 6.07) is 64.2. The number of para-hydroxylation sites is 2. The molecular weight excluding hydrogens is 699 g/mol. The van der Waals surface area contributed by atoms with Crippen LogP contribution in [0.3, 0.4) is 0 Å². The first-order valence-corrected chi connectivity index (χ1v) is 19.3. The molecule has 2 aliphatic rings. The molecule has 8 aromatic carbocycles. The van der Waals surface area contributed by atoms with Crippen LogP contribution in [0, 0.1) is 0 Å². The summed E-state index contributed by atoms with van der Waals surface area (Å²) in [4.78, 5) is 0. The van der Waals surface area contributed by atoms with Crippen molar-refractivity contribution in [2.45, 2.75) is 6.10 Å². The van der Waals surface area contributed by atoms with Crippen molar-refractivity contribution in [1.29, 1.82) is 0 Å². The maximum Gasteiger partial charge on any atom is 0.184 e. The fourth-order valence-electron chi connectivity index (χ4n) is 8.95. The molecule has 268 valence electrons. The Bertz CT molecular complexity index is 3270. The normalized spacial score (nSPS) is 14.6. The first-order valence-electron chi connectivity index (χ1n) is 19.3. The summed E-state index contributed by atoms with van der Waals surface area (Å²) in [7, 11) is 0. The Kier molecular flexibility index (Phi) is 6.96. The number of fused-ring (bicyclic) bond motifs is 9. The molecule has 1 atom stereocenters. The predicted molar refractivity (Wildman–Crippen MR) is 231 cm³/mol. The van der Waals surface area contributed by atoms with E-state index < -0.39 is 6.10 Å². The van der Waals surface area contributed by atoms with Gasteiger partial charge in [0.2, 0.25) is 0 Å². The summed E-state index contributed by atoms with van der Waals surface area (Å²) in [6.45, 7) is 0. The lowest BCUT2D eigenvalue weighted by molar-refractivity contribution is 0.157. The zero-order chi connectivity index (χ0) is 37.5. The quantitative estimate of drug-likeness (QED) is 0.177. The molecule has 1 unspecified atom stereocenters. The third-order valence-electron chi connectivity index (χ3n) is 11.6. The lowest BCUT2D eigenvalue weighted by atomic mass is 9.93. The minimum atomic E-state index is -0.417. The standard InChI is InChI=1S/C53H33NO3/c1-5-14-33(15-6-1)36-24-26-46-42(30-36)43-31-37(25-27-47(43)54(46)38-20-11-4-12-21-38)40-28-29-55-52-45-32-44-41-23-13-22-39(34-16-7-2-8-17-34)49(41)56-50(44)48(51(45)57-53(40)52)35-18-9-3-10-19-35/h1-32,52H. The van der Waals surface area contributed by atoms with E-state index in [9.17, 15) is 0 Å². The molecule has 12 rings (SSSR count). The number of allylic oxidation sites excluding steroid dienone is 2. The minimum Gasteiger partial charge on any atom is -0.485 e. The number of furan rings is 1. The Morgan fingerprint density at radius 2 is 1.09 bits per heavy atom. The number of rotatable bonds is 5. The number of ether oxygens (including phenoxy) is 2. The molecule has 0 bridgehead atoms. The Labute approximate surface area is 328 Å². The molecule has 57 heavy (non-hydrogen) atoms. The second kappa shape index (κ2) is 12.5. The van der Waals surface area contributed by atoms with Crippen molar-refractivity contribution in [2.24, 2.45) is 0 Å². The van der Waals surface area contributed by atoms with Crippen LogP contribution in [0.15, 0.2) is 205 Å². The van der Waals surface area contributed by atoms with Gasteiger partial charge in [-0.2, -0.15) is 0 Å². The van der Waals surface area contributed by atoms with Gasteiger partial charge in [-0.1, -0.05) is 140 Å². The van der Waals surface area contributed by atoms with Crippen molar-refractivity contribution in [2.75, 3.05) is 0 Å². The highest BCUT2D eigenvalue weighted by atomic mass is 16.5. The van der Waals surface area contributed by atoms with Crippen LogP contribution in [0.25, 0.3) is 88.4 Å². The Balaban J connectivity index is 1.06. The average molecular weight is 732 g/mol. The van der Waals surface area contributed by atoms with Crippen molar-refractivity contribution < 1.29 is 13.9 Å². The van der Waals surface area contributed by atoms with Gasteiger partial charge in [-0.3, -0.25) is 0 Å². The van der Waals surface area contributed by atoms with Gasteiger partial charge in [0.25, 0.3) is 0 Å². The lowest BCUT2D eigenvalue weighted by Crippen LogP contribution is -2.07. The van der Waals surface area contributed by atoms with E-state index in [1.54, 1.807) is 0 Å². The van der Waals surface area contributed by atoms with E-state index in [4.69, 9.17) is 13.9 Å². The summed E-state index contributed by atoms with van der Waals surface area (Å²) >= 11 is 0. The third kappa shape index (κ3) is 4.87. The van der Waals surface area contributed by atoms with Crippen LogP contribution < -0.4 is 4.74 Å². The number of benzene rings is 8. The molecule has 4 heteroatoms. The summed E-state index contributed by atoms with van der Waals surface area (Å²) in [5.41, 5.74) is 14.6. The van der Waals surface area contributed by atoms with E-state index in [1.807, 2.05) is 24.5 Å². The van der Waals surface area contributed by atoms with E-state index in [-0.39, 0.29) is 0 Å². The van der Waals surface area contributed by atoms with Crippen molar-refractivity contribution in [3.63, 3.8) is 0 Å². The van der Waals surface area contributed by atoms with Gasteiger partial charge in [0.05, 0.1) is 22.9 Å². The average Bonchev–Trinajstić information content (AvgIpc) is 3.96. The monoisotopic (exact) mass is 731 g/mol. The lowest BCUT2D eigenvalue weighted by Gasteiger charge is -2.19. The van der Waals surface area contributed by atoms with Crippen LogP contribution in [-0.4, -0.2) is 4.57 Å². The molecule has 0 fully saturated rings. The van der Waals surface area contributed by atoms with Crippen LogP contribution in [0.5, 0.6) is 5.75 Å². The van der Waals surface area contributed by atoms with Gasteiger partial charge in [-0.25, -0.2) is 0 Å². The molecule has 0 saturated heterocycles. The first kappa shape index (κ1) is 31.8. The smallest absolute Gasteiger partial charge is 0.184 e. The molecule has 0 amide bonds. The summed E-state index contributed by atoms with van der Waals surface area (Å²) in [5, 5.41) is 4.46. The second-order valence-electron chi connectivity index (χ2n) is 14.8. The Morgan fingerprint density at radius 1 is 0.456 bits per heavy atom. The SMILES string of the molecule is C1=CC(c2ccc3c(c2)c2cc(-c4ccccc4)ccc2n3-c2ccccc2)=C2Oc3c(cc4c(oc5c(-c6ccccc6)cccc54)c3-c3ccccc3)C2O1. The number of nitrogens with zero attached hydrogens (tertiary/aromatic N) is 1. The van der Waals surface area contributed by atoms with Crippen LogP contribution in [-0.2, 0) is 4.74 Å². The Hall–Kier alpha value is -7.56. The van der Waals surface area contributed by atoms with Crippen molar-refractivity contribution in [1.82, 2.24) is 4.57 Å². The minimum absolute atomic E-state index is 0.417. The van der Waals surface area contributed by atoms with Gasteiger partial charge in [0.1, 0.15) is 16.9 Å². The second-order valence-corrected chi connectivity index (χ2v) is 14.8. The van der Waals surface area contributed by atoms with Gasteiger partial charge in [0, 0.05) is 43.9 Å². The number of hydrogen-bond acceptors (Lipinski definition) is 3. The molecule has 10 aromatic rings. The zero-order valence-corrected chi connectivity index (χ0v) is 30.7. The zero-order valence-electron chi connectivity index (χ0n) is 30.7. The molecule has 0 saturated carbocycles. The predicted octanol–water partition coefficient (Wildman–Crippen LogP) is 14.1. The van der Waals surface area contributed by atoms with Crippen molar-refractivity contribution in [3.8, 4) is 44.8 Å². The first-order chi connectivity index (χ1) is 28.3. The highest BCUT2D eigenvalue weighted by Crippen LogP contribution is 2.55. The van der Waals surface area contributed by atoms with E-state index in [1.165, 1.54) is 21.9 Å². The molecule has 0 spiro atoms. The fourth-order valence-corrected chi connectivity index (χ4v) is 8.95. The molecule has 2 aromatic heterocycles. The van der Waals surface area contributed by atoms with E-state index >= 15 is 0 Å². The molecule has 0 aliphatic carbocycles. The number of aromatic nitrogens is 1. The van der Waals surface area contributed by atoms with Gasteiger partial charge >= 0.3 is 0 Å². The van der Waals surface area contributed by atoms with E-state index in [0.717, 1.165) is 89.1 Å². The highest BCUT2D eigenvalue weighted by Gasteiger charge is 2.39. The van der Waals surface area contributed by atoms with Gasteiger partial charge < -0.3 is 18.5 Å². The number of hydrogen-bond donors (Lipinski definition) is 0. The third-order valence-corrected chi connectivity index (χ3v) is 11.6. The molecule has 0 radical (unpaired) electrons. The largest absolute Gasteiger partial charge is 0.485 e. The van der Waals surface area contributed by atoms with Gasteiger partial charge in [-0.15, -0.1) is 0 Å². The van der Waals surface area contributed by atoms with Gasteiger partial charge in [-0.05, 0) is 76.4 Å². The molecular formula is C53H33NO3.